The van der Waals surface area contributed by atoms with Gasteiger partial charge in [-0.25, -0.2) is 0 Å². The molecule has 0 fully saturated rings. The Labute approximate surface area is 167 Å². The van der Waals surface area contributed by atoms with E-state index >= 15 is 0 Å². The van der Waals surface area contributed by atoms with Crippen LogP contribution in [0, 0.1) is 12.3 Å². The van der Waals surface area contributed by atoms with Gasteiger partial charge in [-0.1, -0.05) is 90.5 Å². The Balaban J connectivity index is 2.03. The molecule has 3 rings (SSSR count). The fraction of sp³-hybridized carbons (Fsp3) is 0.0741. The lowest BCUT2D eigenvalue weighted by Crippen LogP contribution is -1.86. The molecule has 0 heterocycles. The molecule has 0 spiro atoms. The molecular weight excluding hydrogens is 338 g/mol. The molecule has 0 aliphatic rings. The van der Waals surface area contributed by atoms with Crippen molar-refractivity contribution < 1.29 is 0 Å². The summed E-state index contributed by atoms with van der Waals surface area (Å²) < 4.78 is 0. The first kappa shape index (κ1) is 19.3. The second kappa shape index (κ2) is 8.96. The first-order valence-electron chi connectivity index (χ1n) is 9.40. The highest BCUT2D eigenvalue weighted by Gasteiger charge is 2.05. The predicted molar refractivity (Wildman–Crippen MR) is 124 cm³/mol. The van der Waals surface area contributed by atoms with Gasteiger partial charge in [0.2, 0.25) is 0 Å². The molecule has 0 aliphatic carbocycles. The van der Waals surface area contributed by atoms with E-state index in [0.717, 1.165) is 16.7 Å². The minimum Gasteiger partial charge on any atom is -0.309 e. The van der Waals surface area contributed by atoms with Crippen molar-refractivity contribution >= 4 is 18.4 Å². The van der Waals surface area contributed by atoms with E-state index in [9.17, 15) is 0 Å². The third kappa shape index (κ3) is 4.63. The van der Waals surface area contributed by atoms with E-state index in [2.05, 4.69) is 86.3 Å². The van der Waals surface area contributed by atoms with Crippen molar-refractivity contribution in [2.24, 2.45) is 0 Å². The van der Waals surface area contributed by atoms with Gasteiger partial charge in [0.25, 0.3) is 0 Å². The summed E-state index contributed by atoms with van der Waals surface area (Å²) in [7, 11) is 0. The Kier molecular flexibility index (Phi) is 6.18. The number of benzene rings is 3. The largest absolute Gasteiger partial charge is 0.309 e. The first-order valence-corrected chi connectivity index (χ1v) is 9.40. The Bertz CT molecular complexity index is 1070. The van der Waals surface area contributed by atoms with E-state index in [-0.39, 0.29) is 0 Å². The summed E-state index contributed by atoms with van der Waals surface area (Å²) in [6.07, 6.45) is 8.97. The Hall–Kier alpha value is -3.45. The molecule has 28 heavy (non-hydrogen) atoms. The molecular formula is C27H25N. The van der Waals surface area contributed by atoms with Gasteiger partial charge in [-0.2, -0.15) is 0 Å². The maximum Gasteiger partial charge on any atom is 0.0177 e. The Morgan fingerprint density at radius 2 is 1.46 bits per heavy atom. The molecule has 0 saturated heterocycles. The van der Waals surface area contributed by atoms with Gasteiger partial charge in [-0.15, -0.1) is 0 Å². The molecule has 3 aromatic carbocycles. The third-order valence-corrected chi connectivity index (χ3v) is 4.69. The van der Waals surface area contributed by atoms with Crippen LogP contribution in [0.5, 0.6) is 0 Å². The molecule has 0 unspecified atom stereocenters. The van der Waals surface area contributed by atoms with E-state index in [4.69, 9.17) is 5.41 Å². The summed E-state index contributed by atoms with van der Waals surface area (Å²) in [5, 5.41) is 7.15. The monoisotopic (exact) mass is 363 g/mol. The standard InChI is InChI=1S/C27H25N/c1-4-22-13-14-26(19-27(22)17-21(3)9-7-15-28)25-12-6-11-24(18-25)23-10-5-8-20(2)16-23/h4-19,28H,1H2,2-3H3/b9-7-,21-17+,28-15?. The average Bonchev–Trinajstić information content (AvgIpc) is 2.72. The van der Waals surface area contributed by atoms with Crippen molar-refractivity contribution in [3.05, 3.63) is 108 Å². The molecule has 0 amide bonds. The lowest BCUT2D eigenvalue weighted by Gasteiger charge is -2.10. The zero-order valence-corrected chi connectivity index (χ0v) is 16.4. The van der Waals surface area contributed by atoms with Gasteiger partial charge in [0, 0.05) is 6.21 Å². The van der Waals surface area contributed by atoms with E-state index in [0.29, 0.717) is 0 Å². The number of hydrogen-bond donors (Lipinski definition) is 1. The van der Waals surface area contributed by atoms with Crippen molar-refractivity contribution in [2.75, 3.05) is 0 Å². The van der Waals surface area contributed by atoms with E-state index in [1.807, 2.05) is 19.1 Å². The van der Waals surface area contributed by atoms with Crippen molar-refractivity contribution in [1.82, 2.24) is 0 Å². The number of aryl methyl sites for hydroxylation is 1. The zero-order valence-electron chi connectivity index (χ0n) is 16.4. The second-order valence-electron chi connectivity index (χ2n) is 6.91. The van der Waals surface area contributed by atoms with Crippen LogP contribution in [0.2, 0.25) is 0 Å². The highest BCUT2D eigenvalue weighted by Crippen LogP contribution is 2.29. The minimum atomic E-state index is 1.09. The summed E-state index contributed by atoms with van der Waals surface area (Å²) in [4.78, 5) is 0. The van der Waals surface area contributed by atoms with Crippen LogP contribution in [-0.2, 0) is 0 Å². The van der Waals surface area contributed by atoms with E-state index < -0.39 is 0 Å². The lowest BCUT2D eigenvalue weighted by molar-refractivity contribution is 1.46. The van der Waals surface area contributed by atoms with Crippen molar-refractivity contribution in [2.45, 2.75) is 13.8 Å². The van der Waals surface area contributed by atoms with Crippen LogP contribution in [0.3, 0.4) is 0 Å². The highest BCUT2D eigenvalue weighted by molar-refractivity contribution is 5.78. The minimum absolute atomic E-state index is 1.09. The van der Waals surface area contributed by atoms with Crippen LogP contribution < -0.4 is 0 Å². The zero-order chi connectivity index (χ0) is 19.9. The summed E-state index contributed by atoms with van der Waals surface area (Å²) in [5.74, 6) is 0. The number of allylic oxidation sites excluding steroid dienone is 3. The Morgan fingerprint density at radius 3 is 2.11 bits per heavy atom. The smallest absolute Gasteiger partial charge is 0.0177 e. The van der Waals surface area contributed by atoms with Crippen molar-refractivity contribution in [3.8, 4) is 22.3 Å². The molecule has 1 heteroatoms. The van der Waals surface area contributed by atoms with Gasteiger partial charge in [0.05, 0.1) is 0 Å². The van der Waals surface area contributed by atoms with Gasteiger partial charge >= 0.3 is 0 Å². The molecule has 0 bridgehead atoms. The van der Waals surface area contributed by atoms with Gasteiger partial charge in [-0.05, 0) is 65.4 Å². The maximum absolute atomic E-state index is 7.15. The van der Waals surface area contributed by atoms with E-state index in [1.165, 1.54) is 34.0 Å². The fourth-order valence-electron chi connectivity index (χ4n) is 3.26. The highest BCUT2D eigenvalue weighted by atomic mass is 14.3. The molecule has 1 nitrogen and oxygen atoms in total. The molecule has 0 aromatic heterocycles. The number of nitrogens with one attached hydrogen (secondary N) is 1. The van der Waals surface area contributed by atoms with Gasteiger partial charge in [0.15, 0.2) is 0 Å². The predicted octanol–water partition coefficient (Wildman–Crippen LogP) is 7.58. The molecule has 0 radical (unpaired) electrons. The average molecular weight is 364 g/mol. The molecule has 138 valence electrons. The topological polar surface area (TPSA) is 23.9 Å². The van der Waals surface area contributed by atoms with Crippen LogP contribution in [-0.4, -0.2) is 6.21 Å². The summed E-state index contributed by atoms with van der Waals surface area (Å²) in [6, 6.07) is 23.7. The SMILES string of the molecule is C=Cc1ccc(-c2cccc(-c3cccc(C)c3)c2)cc1/C=C(C)/C=C\C=N. The second-order valence-corrected chi connectivity index (χ2v) is 6.91. The number of hydrogen-bond acceptors (Lipinski definition) is 1. The van der Waals surface area contributed by atoms with Crippen molar-refractivity contribution in [1.29, 1.82) is 5.41 Å². The molecule has 1 N–H and O–H groups in total. The number of rotatable bonds is 6. The summed E-state index contributed by atoms with van der Waals surface area (Å²) in [6.45, 7) is 8.10. The molecule has 0 saturated carbocycles. The van der Waals surface area contributed by atoms with E-state index in [1.54, 1.807) is 6.08 Å². The van der Waals surface area contributed by atoms with Crippen LogP contribution in [0.25, 0.3) is 34.4 Å². The third-order valence-electron chi connectivity index (χ3n) is 4.69. The van der Waals surface area contributed by atoms with Crippen LogP contribution in [0.4, 0.5) is 0 Å². The molecule has 3 aromatic rings. The first-order chi connectivity index (χ1) is 13.6. The van der Waals surface area contributed by atoms with Crippen LogP contribution >= 0.6 is 0 Å². The van der Waals surface area contributed by atoms with Crippen LogP contribution in [0.15, 0.2) is 91.0 Å². The van der Waals surface area contributed by atoms with Gasteiger partial charge in [0.1, 0.15) is 0 Å². The maximum atomic E-state index is 7.15. The van der Waals surface area contributed by atoms with Crippen LogP contribution in [0.1, 0.15) is 23.6 Å². The van der Waals surface area contributed by atoms with Gasteiger partial charge in [-0.3, -0.25) is 0 Å². The summed E-state index contributed by atoms with van der Waals surface area (Å²) in [5.41, 5.74) is 9.40. The lowest BCUT2D eigenvalue weighted by atomic mass is 9.95. The van der Waals surface area contributed by atoms with Gasteiger partial charge < -0.3 is 5.41 Å². The summed E-state index contributed by atoms with van der Waals surface area (Å²) >= 11 is 0. The normalized spacial score (nSPS) is 11.6. The fourth-order valence-corrected chi connectivity index (χ4v) is 3.26. The van der Waals surface area contributed by atoms with Crippen molar-refractivity contribution in [3.63, 3.8) is 0 Å². The molecule has 0 atom stereocenters. The quantitative estimate of drug-likeness (QED) is 0.345. The molecule has 0 aliphatic heterocycles. The Morgan fingerprint density at radius 1 is 0.821 bits per heavy atom.